The summed E-state index contributed by atoms with van der Waals surface area (Å²) < 4.78 is 0. The summed E-state index contributed by atoms with van der Waals surface area (Å²) in [5.41, 5.74) is 2.64. The molecule has 0 radical (unpaired) electrons. The van der Waals surface area contributed by atoms with E-state index in [1.54, 1.807) is 0 Å². The number of hydrogen-bond donors (Lipinski definition) is 1. The van der Waals surface area contributed by atoms with Gasteiger partial charge in [0.25, 0.3) is 0 Å². The summed E-state index contributed by atoms with van der Waals surface area (Å²) in [6.45, 7) is 2.20. The molecule has 0 bridgehead atoms. The Morgan fingerprint density at radius 3 is 2.67 bits per heavy atom. The van der Waals surface area contributed by atoms with E-state index in [1.165, 1.54) is 30.4 Å². The summed E-state index contributed by atoms with van der Waals surface area (Å²) in [7, 11) is 0. The van der Waals surface area contributed by atoms with Gasteiger partial charge < -0.3 is 5.32 Å². The van der Waals surface area contributed by atoms with Crippen LogP contribution in [0.25, 0.3) is 0 Å². The van der Waals surface area contributed by atoms with E-state index in [1.807, 2.05) is 0 Å². The maximum atomic E-state index is 11.7. The molecule has 98 valence electrons. The molecule has 2 rings (SSSR count). The molecule has 1 fully saturated rings. The Balaban J connectivity index is 2.05. The van der Waals surface area contributed by atoms with Crippen LogP contribution in [-0.2, 0) is 11.2 Å². The first-order valence-electron chi connectivity index (χ1n) is 7.18. The van der Waals surface area contributed by atoms with Crippen molar-refractivity contribution >= 4 is 5.91 Å². The van der Waals surface area contributed by atoms with E-state index < -0.39 is 0 Å². The van der Waals surface area contributed by atoms with Crippen molar-refractivity contribution in [3.05, 3.63) is 35.4 Å². The number of amides is 1. The molecule has 1 aromatic rings. The molecule has 2 heteroatoms. The second-order valence-corrected chi connectivity index (χ2v) is 5.21. The zero-order chi connectivity index (χ0) is 12.8. The Hall–Kier alpha value is -1.31. The highest BCUT2D eigenvalue weighted by molar-refractivity contribution is 5.76. The second kappa shape index (κ2) is 6.58. The van der Waals surface area contributed by atoms with E-state index in [9.17, 15) is 4.79 Å². The van der Waals surface area contributed by atoms with Gasteiger partial charge in [-0.2, -0.15) is 0 Å². The van der Waals surface area contributed by atoms with E-state index >= 15 is 0 Å². The van der Waals surface area contributed by atoms with Crippen LogP contribution in [0.2, 0.25) is 0 Å². The third-order valence-corrected chi connectivity index (χ3v) is 3.65. The molecule has 1 N–H and O–H groups in total. The first-order chi connectivity index (χ1) is 8.79. The molecule has 2 nitrogen and oxygen atoms in total. The average Bonchev–Trinajstić information content (AvgIpc) is 2.35. The minimum atomic E-state index is 0.206. The van der Waals surface area contributed by atoms with E-state index in [2.05, 4.69) is 36.5 Å². The summed E-state index contributed by atoms with van der Waals surface area (Å²) in [5, 5.41) is 3.15. The molecule has 1 unspecified atom stereocenters. The van der Waals surface area contributed by atoms with Crippen LogP contribution in [0.5, 0.6) is 0 Å². The predicted molar refractivity (Wildman–Crippen MR) is 74.4 cm³/mol. The third kappa shape index (κ3) is 3.59. The molecular weight excluding hydrogens is 222 g/mol. The van der Waals surface area contributed by atoms with Gasteiger partial charge in [-0.15, -0.1) is 0 Å². The lowest BCUT2D eigenvalue weighted by molar-refractivity contribution is -0.122. The van der Waals surface area contributed by atoms with Gasteiger partial charge in [-0.3, -0.25) is 4.79 Å². The van der Waals surface area contributed by atoms with Crippen LogP contribution in [0, 0.1) is 0 Å². The lowest BCUT2D eigenvalue weighted by Gasteiger charge is -2.22. The van der Waals surface area contributed by atoms with Crippen molar-refractivity contribution in [1.29, 1.82) is 0 Å². The van der Waals surface area contributed by atoms with Gasteiger partial charge >= 0.3 is 0 Å². The molecule has 1 amide bonds. The van der Waals surface area contributed by atoms with Crippen LogP contribution in [0.1, 0.15) is 62.6 Å². The number of aryl methyl sites for hydroxylation is 1. The number of carbonyl (C=O) groups is 1. The third-order valence-electron chi connectivity index (χ3n) is 3.65. The van der Waals surface area contributed by atoms with Gasteiger partial charge in [-0.05, 0) is 30.4 Å². The van der Waals surface area contributed by atoms with Crippen LogP contribution in [-0.4, -0.2) is 5.91 Å². The predicted octanol–water partition coefficient (Wildman–Crippen LogP) is 3.76. The van der Waals surface area contributed by atoms with Crippen LogP contribution < -0.4 is 5.32 Å². The smallest absolute Gasteiger partial charge is 0.220 e. The molecule has 0 aliphatic carbocycles. The van der Waals surface area contributed by atoms with Gasteiger partial charge in [0, 0.05) is 6.42 Å². The lowest BCUT2D eigenvalue weighted by atomic mass is 9.96. The fourth-order valence-corrected chi connectivity index (χ4v) is 2.60. The molecule has 1 aromatic carbocycles. The van der Waals surface area contributed by atoms with Crippen molar-refractivity contribution in [1.82, 2.24) is 5.32 Å². The van der Waals surface area contributed by atoms with Crippen LogP contribution >= 0.6 is 0 Å². The van der Waals surface area contributed by atoms with Crippen molar-refractivity contribution in [3.8, 4) is 0 Å². The first-order valence-corrected chi connectivity index (χ1v) is 7.18. The Kier molecular flexibility index (Phi) is 4.80. The van der Waals surface area contributed by atoms with Crippen molar-refractivity contribution in [2.24, 2.45) is 0 Å². The van der Waals surface area contributed by atoms with Crippen LogP contribution in [0.4, 0.5) is 0 Å². The first kappa shape index (κ1) is 13.1. The number of carbonyl (C=O) groups excluding carboxylic acids is 1. The Morgan fingerprint density at radius 2 is 1.94 bits per heavy atom. The van der Waals surface area contributed by atoms with Crippen molar-refractivity contribution < 1.29 is 4.79 Å². The summed E-state index contributed by atoms with van der Waals surface area (Å²) >= 11 is 0. The molecule has 0 aromatic heterocycles. The Bertz CT molecular complexity index is 383. The molecule has 1 atom stereocenters. The molecular formula is C16H23NO. The minimum Gasteiger partial charge on any atom is -0.349 e. The number of benzene rings is 1. The lowest BCUT2D eigenvalue weighted by Crippen LogP contribution is -2.29. The molecule has 1 heterocycles. The zero-order valence-electron chi connectivity index (χ0n) is 11.2. The Labute approximate surface area is 110 Å². The van der Waals surface area contributed by atoms with Crippen molar-refractivity contribution in [2.75, 3.05) is 0 Å². The second-order valence-electron chi connectivity index (χ2n) is 5.21. The normalized spacial score (nSPS) is 20.9. The highest BCUT2D eigenvalue weighted by Gasteiger charge is 2.16. The molecule has 1 aliphatic heterocycles. The minimum absolute atomic E-state index is 0.206. The highest BCUT2D eigenvalue weighted by Crippen LogP contribution is 2.23. The topological polar surface area (TPSA) is 29.1 Å². The average molecular weight is 245 g/mol. The van der Waals surface area contributed by atoms with Crippen LogP contribution in [0.15, 0.2) is 24.3 Å². The van der Waals surface area contributed by atoms with E-state index in [0.29, 0.717) is 6.42 Å². The van der Waals surface area contributed by atoms with Gasteiger partial charge in [-0.25, -0.2) is 0 Å². The number of rotatable bonds is 3. The number of nitrogens with one attached hydrogen (secondary N) is 1. The summed E-state index contributed by atoms with van der Waals surface area (Å²) in [4.78, 5) is 11.7. The summed E-state index contributed by atoms with van der Waals surface area (Å²) in [6.07, 6.45) is 7.49. The maximum absolute atomic E-state index is 11.7. The van der Waals surface area contributed by atoms with E-state index in [4.69, 9.17) is 0 Å². The van der Waals surface area contributed by atoms with Crippen molar-refractivity contribution in [2.45, 2.75) is 57.9 Å². The molecule has 18 heavy (non-hydrogen) atoms. The standard InChI is InChI=1S/C16H23NO/c1-2-6-13-9-11-14(12-10-13)15-7-4-3-5-8-16(18)17-15/h9-12,15H,2-8H2,1H3,(H,17,18). The maximum Gasteiger partial charge on any atom is 0.220 e. The SMILES string of the molecule is CCCc1ccc(C2CCCCCC(=O)N2)cc1. The fraction of sp³-hybridized carbons (Fsp3) is 0.562. The molecule has 0 spiro atoms. The number of hydrogen-bond acceptors (Lipinski definition) is 1. The van der Waals surface area contributed by atoms with Crippen molar-refractivity contribution in [3.63, 3.8) is 0 Å². The molecule has 1 aliphatic rings. The largest absolute Gasteiger partial charge is 0.349 e. The van der Waals surface area contributed by atoms with Gasteiger partial charge in [0.2, 0.25) is 5.91 Å². The molecule has 1 saturated heterocycles. The zero-order valence-corrected chi connectivity index (χ0v) is 11.2. The van der Waals surface area contributed by atoms with E-state index in [0.717, 1.165) is 19.3 Å². The fourth-order valence-electron chi connectivity index (χ4n) is 2.60. The Morgan fingerprint density at radius 1 is 1.17 bits per heavy atom. The van der Waals surface area contributed by atoms with Gasteiger partial charge in [-0.1, -0.05) is 50.5 Å². The van der Waals surface area contributed by atoms with Gasteiger partial charge in [0.05, 0.1) is 6.04 Å². The van der Waals surface area contributed by atoms with Gasteiger partial charge in [0.15, 0.2) is 0 Å². The highest BCUT2D eigenvalue weighted by atomic mass is 16.1. The summed E-state index contributed by atoms with van der Waals surface area (Å²) in [6, 6.07) is 8.97. The van der Waals surface area contributed by atoms with E-state index in [-0.39, 0.29) is 11.9 Å². The monoisotopic (exact) mass is 245 g/mol. The van der Waals surface area contributed by atoms with Gasteiger partial charge in [0.1, 0.15) is 0 Å². The quantitative estimate of drug-likeness (QED) is 0.863. The summed E-state index contributed by atoms with van der Waals surface area (Å²) in [5.74, 6) is 0.206. The van der Waals surface area contributed by atoms with Crippen LogP contribution in [0.3, 0.4) is 0 Å². The molecule has 0 saturated carbocycles.